The summed E-state index contributed by atoms with van der Waals surface area (Å²) < 4.78 is 27.9. The lowest BCUT2D eigenvalue weighted by molar-refractivity contribution is -0.163. The van der Waals surface area contributed by atoms with Gasteiger partial charge in [0.05, 0.1) is 0 Å². The first-order chi connectivity index (χ1) is 7.40. The van der Waals surface area contributed by atoms with Crippen LogP contribution in [0.2, 0.25) is 0 Å². The predicted octanol–water partition coefficient (Wildman–Crippen LogP) is 2.35. The van der Waals surface area contributed by atoms with Gasteiger partial charge in [0.2, 0.25) is 0 Å². The van der Waals surface area contributed by atoms with Gasteiger partial charge in [0, 0.05) is 5.56 Å². The fourth-order valence-electron chi connectivity index (χ4n) is 1.76. The quantitative estimate of drug-likeness (QED) is 0.834. The molecular formula is C11H10F2O3. The molecule has 0 heterocycles. The van der Waals surface area contributed by atoms with Crippen LogP contribution in [0.3, 0.4) is 0 Å². The molecule has 3 nitrogen and oxygen atoms in total. The van der Waals surface area contributed by atoms with Crippen molar-refractivity contribution in [3.8, 4) is 5.75 Å². The van der Waals surface area contributed by atoms with Gasteiger partial charge < -0.3 is 10.2 Å². The van der Waals surface area contributed by atoms with Gasteiger partial charge in [-0.15, -0.1) is 0 Å². The number of halogens is 2. The summed E-state index contributed by atoms with van der Waals surface area (Å²) in [7, 11) is 0. The number of alkyl halides is 2. The minimum atomic E-state index is -3.45. The third-order valence-electron chi connectivity index (χ3n) is 2.97. The molecule has 0 bridgehead atoms. The molecule has 1 aliphatic carbocycles. The summed E-state index contributed by atoms with van der Waals surface area (Å²) in [5, 5.41) is 17.9. The number of aromatic hydroxyl groups is 1. The SMILES string of the molecule is O=C(O)C1(C(F)(F)c2cccc(O)c2)CC1. The molecule has 0 amide bonds. The van der Waals surface area contributed by atoms with Crippen LogP contribution in [0.5, 0.6) is 5.75 Å². The van der Waals surface area contributed by atoms with Crippen molar-refractivity contribution in [3.63, 3.8) is 0 Å². The minimum Gasteiger partial charge on any atom is -0.508 e. The molecule has 0 unspecified atom stereocenters. The summed E-state index contributed by atoms with van der Waals surface area (Å²) in [6.45, 7) is 0. The van der Waals surface area contributed by atoms with E-state index in [4.69, 9.17) is 10.2 Å². The van der Waals surface area contributed by atoms with E-state index in [-0.39, 0.29) is 18.6 Å². The van der Waals surface area contributed by atoms with Crippen molar-refractivity contribution in [2.45, 2.75) is 18.8 Å². The largest absolute Gasteiger partial charge is 0.508 e. The maximum atomic E-state index is 13.9. The lowest BCUT2D eigenvalue weighted by Gasteiger charge is -2.23. The van der Waals surface area contributed by atoms with Gasteiger partial charge in [-0.25, -0.2) is 8.78 Å². The second kappa shape index (κ2) is 3.17. The molecule has 0 aliphatic heterocycles. The zero-order valence-corrected chi connectivity index (χ0v) is 8.28. The lowest BCUT2D eigenvalue weighted by atomic mass is 9.91. The highest BCUT2D eigenvalue weighted by molar-refractivity contribution is 5.79. The Hall–Kier alpha value is -1.65. The summed E-state index contributed by atoms with van der Waals surface area (Å²) in [5.74, 6) is -5.23. The standard InChI is InChI=1S/C11H10F2O3/c12-11(13,10(4-5-10)9(15)16)7-2-1-3-8(14)6-7/h1-3,6,14H,4-5H2,(H,15,16). The molecule has 2 rings (SSSR count). The molecule has 0 atom stereocenters. The highest BCUT2D eigenvalue weighted by atomic mass is 19.3. The molecule has 86 valence electrons. The molecular weight excluding hydrogens is 218 g/mol. The van der Waals surface area contributed by atoms with Crippen LogP contribution in [0.1, 0.15) is 18.4 Å². The monoisotopic (exact) mass is 228 g/mol. The van der Waals surface area contributed by atoms with Crippen LogP contribution in [0.25, 0.3) is 0 Å². The molecule has 5 heteroatoms. The van der Waals surface area contributed by atoms with Crippen LogP contribution in [-0.2, 0) is 10.7 Å². The first-order valence-corrected chi connectivity index (χ1v) is 4.81. The highest BCUT2D eigenvalue weighted by Gasteiger charge is 2.68. The summed E-state index contributed by atoms with van der Waals surface area (Å²) in [6, 6.07) is 4.57. The number of phenols is 1. The van der Waals surface area contributed by atoms with Gasteiger partial charge in [-0.3, -0.25) is 4.79 Å². The third kappa shape index (κ3) is 1.35. The lowest BCUT2D eigenvalue weighted by Crippen LogP contribution is -2.34. The summed E-state index contributed by atoms with van der Waals surface area (Å²) in [5.41, 5.74) is -2.44. The Bertz CT molecular complexity index is 439. The van der Waals surface area contributed by atoms with Crippen molar-refractivity contribution in [2.75, 3.05) is 0 Å². The number of aliphatic carboxylic acids is 1. The maximum absolute atomic E-state index is 13.9. The first kappa shape index (κ1) is 10.9. The minimum absolute atomic E-state index is 0.0367. The zero-order valence-electron chi connectivity index (χ0n) is 8.28. The molecule has 16 heavy (non-hydrogen) atoms. The number of carboxylic acids is 1. The van der Waals surface area contributed by atoms with Gasteiger partial charge in [-0.05, 0) is 25.0 Å². The van der Waals surface area contributed by atoms with E-state index < -0.39 is 22.9 Å². The molecule has 0 spiro atoms. The molecule has 0 aromatic heterocycles. The van der Waals surface area contributed by atoms with E-state index in [2.05, 4.69) is 0 Å². The van der Waals surface area contributed by atoms with E-state index in [0.717, 1.165) is 12.1 Å². The second-order valence-corrected chi connectivity index (χ2v) is 4.01. The molecule has 0 radical (unpaired) electrons. The Labute approximate surface area is 90.3 Å². The fourth-order valence-corrected chi connectivity index (χ4v) is 1.76. The fraction of sp³-hybridized carbons (Fsp3) is 0.364. The van der Waals surface area contributed by atoms with Crippen molar-refractivity contribution < 1.29 is 23.8 Å². The van der Waals surface area contributed by atoms with E-state index in [0.29, 0.717) is 0 Å². The van der Waals surface area contributed by atoms with Gasteiger partial charge in [0.1, 0.15) is 11.2 Å². The summed E-state index contributed by atoms with van der Waals surface area (Å²) in [6.07, 6.45) is -0.0734. The average Bonchev–Trinajstić information content (AvgIpc) is 2.98. The smallest absolute Gasteiger partial charge is 0.316 e. The number of rotatable bonds is 3. The van der Waals surface area contributed by atoms with E-state index in [1.54, 1.807) is 0 Å². The van der Waals surface area contributed by atoms with Gasteiger partial charge in [0.25, 0.3) is 5.92 Å². The first-order valence-electron chi connectivity index (χ1n) is 4.81. The number of hydrogen-bond acceptors (Lipinski definition) is 2. The van der Waals surface area contributed by atoms with E-state index in [1.165, 1.54) is 12.1 Å². The number of carboxylic acid groups (broad SMARTS) is 1. The Balaban J connectivity index is 2.43. The number of phenolic OH excluding ortho intramolecular Hbond substituents is 1. The van der Waals surface area contributed by atoms with Crippen molar-refractivity contribution >= 4 is 5.97 Å². The Morgan fingerprint density at radius 2 is 2.00 bits per heavy atom. The predicted molar refractivity (Wildman–Crippen MR) is 51.3 cm³/mol. The van der Waals surface area contributed by atoms with Crippen molar-refractivity contribution in [2.24, 2.45) is 5.41 Å². The molecule has 2 N–H and O–H groups in total. The second-order valence-electron chi connectivity index (χ2n) is 4.01. The average molecular weight is 228 g/mol. The normalized spacial score (nSPS) is 18.1. The van der Waals surface area contributed by atoms with Crippen LogP contribution in [0.15, 0.2) is 24.3 Å². The van der Waals surface area contributed by atoms with Crippen molar-refractivity contribution in [1.29, 1.82) is 0 Å². The van der Waals surface area contributed by atoms with Crippen molar-refractivity contribution in [3.05, 3.63) is 29.8 Å². The van der Waals surface area contributed by atoms with Crippen molar-refractivity contribution in [1.82, 2.24) is 0 Å². The zero-order chi connectivity index (χ0) is 12.0. The summed E-state index contributed by atoms with van der Waals surface area (Å²) in [4.78, 5) is 10.8. The maximum Gasteiger partial charge on any atom is 0.316 e. The third-order valence-corrected chi connectivity index (χ3v) is 2.97. The van der Waals surface area contributed by atoms with Crippen LogP contribution in [0.4, 0.5) is 8.78 Å². The molecule has 1 fully saturated rings. The van der Waals surface area contributed by atoms with E-state index in [9.17, 15) is 13.6 Å². The van der Waals surface area contributed by atoms with Gasteiger partial charge in [0.15, 0.2) is 0 Å². The van der Waals surface area contributed by atoms with Gasteiger partial charge in [-0.2, -0.15) is 0 Å². The van der Waals surface area contributed by atoms with E-state index >= 15 is 0 Å². The summed E-state index contributed by atoms with van der Waals surface area (Å²) >= 11 is 0. The number of benzene rings is 1. The van der Waals surface area contributed by atoms with Crippen LogP contribution >= 0.6 is 0 Å². The topological polar surface area (TPSA) is 57.5 Å². The molecule has 1 aromatic carbocycles. The van der Waals surface area contributed by atoms with E-state index in [1.807, 2.05) is 0 Å². The Morgan fingerprint density at radius 1 is 1.38 bits per heavy atom. The number of carbonyl (C=O) groups is 1. The van der Waals surface area contributed by atoms with Crippen LogP contribution in [0, 0.1) is 5.41 Å². The Morgan fingerprint density at radius 3 is 2.44 bits per heavy atom. The van der Waals surface area contributed by atoms with Gasteiger partial charge >= 0.3 is 5.97 Å². The molecule has 0 saturated heterocycles. The van der Waals surface area contributed by atoms with Gasteiger partial charge in [-0.1, -0.05) is 12.1 Å². The van der Waals surface area contributed by atoms with Crippen LogP contribution in [-0.4, -0.2) is 16.2 Å². The van der Waals surface area contributed by atoms with Crippen LogP contribution < -0.4 is 0 Å². The molecule has 1 aromatic rings. The number of hydrogen-bond donors (Lipinski definition) is 2. The Kier molecular flexibility index (Phi) is 2.15. The molecule has 1 saturated carbocycles. The highest BCUT2D eigenvalue weighted by Crippen LogP contribution is 2.61. The molecule has 1 aliphatic rings.